The zero-order valence-corrected chi connectivity index (χ0v) is 12.4. The van der Waals surface area contributed by atoms with Crippen LogP contribution < -0.4 is 10.6 Å². The smallest absolute Gasteiger partial charge is 0.321 e. The van der Waals surface area contributed by atoms with E-state index in [0.29, 0.717) is 11.7 Å². The van der Waals surface area contributed by atoms with Gasteiger partial charge in [0, 0.05) is 30.9 Å². The minimum atomic E-state index is -0.179. The second kappa shape index (κ2) is 7.33. The number of rotatable bonds is 2. The molecular weight excluding hydrogens is 248 g/mol. The lowest BCUT2D eigenvalue weighted by Crippen LogP contribution is -2.28. The van der Waals surface area contributed by atoms with Crippen LogP contribution in [0.25, 0.3) is 0 Å². The number of anilines is 1. The van der Waals surface area contributed by atoms with Gasteiger partial charge in [0.15, 0.2) is 5.13 Å². The third-order valence-electron chi connectivity index (χ3n) is 2.48. The fourth-order valence-corrected chi connectivity index (χ4v) is 2.76. The molecule has 0 aromatic carbocycles. The van der Waals surface area contributed by atoms with Gasteiger partial charge in [0.2, 0.25) is 0 Å². The summed E-state index contributed by atoms with van der Waals surface area (Å²) in [5.41, 5.74) is 1.13. The number of likely N-dealkylation sites (N-methyl/N-ethyl adjacent to an activating group) is 1. The van der Waals surface area contributed by atoms with Crippen molar-refractivity contribution in [2.75, 3.05) is 25.5 Å². The first-order valence-corrected chi connectivity index (χ1v) is 7.22. The molecule has 0 bridgehead atoms. The summed E-state index contributed by atoms with van der Waals surface area (Å²) < 4.78 is 0. The van der Waals surface area contributed by atoms with E-state index in [4.69, 9.17) is 0 Å². The van der Waals surface area contributed by atoms with Gasteiger partial charge < -0.3 is 10.2 Å². The van der Waals surface area contributed by atoms with Gasteiger partial charge in [-0.25, -0.2) is 9.78 Å². The van der Waals surface area contributed by atoms with E-state index in [1.165, 1.54) is 4.88 Å². The molecule has 0 spiro atoms. The zero-order chi connectivity index (χ0) is 13.5. The molecule has 1 aromatic heterocycles. The van der Waals surface area contributed by atoms with Crippen LogP contribution in [0.1, 0.15) is 31.3 Å². The number of carbonyl (C=O) groups is 1. The zero-order valence-electron chi connectivity index (χ0n) is 11.5. The van der Waals surface area contributed by atoms with Gasteiger partial charge in [0.25, 0.3) is 0 Å². The molecule has 2 N–H and O–H groups in total. The minimum absolute atomic E-state index is 0.179. The van der Waals surface area contributed by atoms with Gasteiger partial charge in [-0.2, -0.15) is 0 Å². The van der Waals surface area contributed by atoms with Crippen molar-refractivity contribution >= 4 is 22.5 Å². The average Bonchev–Trinajstić information content (AvgIpc) is 2.73. The molecule has 6 heteroatoms. The Morgan fingerprint density at radius 3 is 2.89 bits per heavy atom. The molecule has 0 atom stereocenters. The van der Waals surface area contributed by atoms with E-state index >= 15 is 0 Å². The Morgan fingerprint density at radius 1 is 1.50 bits per heavy atom. The van der Waals surface area contributed by atoms with Crippen LogP contribution in [-0.4, -0.2) is 36.1 Å². The molecule has 0 radical (unpaired) electrons. The molecule has 5 nitrogen and oxygen atoms in total. The predicted molar refractivity (Wildman–Crippen MR) is 76.2 cm³/mol. The van der Waals surface area contributed by atoms with Crippen molar-refractivity contribution in [1.82, 2.24) is 15.2 Å². The summed E-state index contributed by atoms with van der Waals surface area (Å²) >= 11 is 1.57. The maximum atomic E-state index is 11.3. The third kappa shape index (κ3) is 3.96. The number of fused-ring (bicyclic) bond motifs is 1. The normalized spacial score (nSPS) is 14.2. The van der Waals surface area contributed by atoms with E-state index in [9.17, 15) is 4.79 Å². The summed E-state index contributed by atoms with van der Waals surface area (Å²) in [6, 6.07) is -0.179. The first kappa shape index (κ1) is 14.9. The summed E-state index contributed by atoms with van der Waals surface area (Å²) in [7, 11) is 2.10. The topological polar surface area (TPSA) is 57.3 Å². The second-order valence-corrected chi connectivity index (χ2v) is 4.94. The SMILES string of the molecule is CC.CCNC(=O)Nc1nc2c(s1)CN(C)CC2. The maximum absolute atomic E-state index is 11.3. The first-order chi connectivity index (χ1) is 8.69. The third-order valence-corrected chi connectivity index (χ3v) is 3.48. The molecule has 2 heterocycles. The molecule has 0 unspecified atom stereocenters. The van der Waals surface area contributed by atoms with E-state index in [2.05, 4.69) is 27.6 Å². The maximum Gasteiger partial charge on any atom is 0.321 e. The highest BCUT2D eigenvalue weighted by Crippen LogP contribution is 2.27. The Labute approximate surface area is 113 Å². The van der Waals surface area contributed by atoms with Crippen LogP contribution in [0, 0.1) is 0 Å². The van der Waals surface area contributed by atoms with Crippen LogP contribution in [0.2, 0.25) is 0 Å². The molecule has 102 valence electrons. The predicted octanol–water partition coefficient (Wildman–Crippen LogP) is 2.30. The number of carbonyl (C=O) groups excluding carboxylic acids is 1. The van der Waals surface area contributed by atoms with Crippen LogP contribution >= 0.6 is 11.3 Å². The highest BCUT2D eigenvalue weighted by molar-refractivity contribution is 7.15. The van der Waals surface area contributed by atoms with Crippen molar-refractivity contribution < 1.29 is 4.79 Å². The highest BCUT2D eigenvalue weighted by atomic mass is 32.1. The molecule has 1 aromatic rings. The number of hydrogen-bond acceptors (Lipinski definition) is 4. The Kier molecular flexibility index (Phi) is 6.07. The van der Waals surface area contributed by atoms with Gasteiger partial charge in [-0.3, -0.25) is 5.32 Å². The fraction of sp³-hybridized carbons (Fsp3) is 0.667. The number of thiazole rings is 1. The Morgan fingerprint density at radius 2 is 2.22 bits per heavy atom. The van der Waals surface area contributed by atoms with Crippen molar-refractivity contribution in [3.63, 3.8) is 0 Å². The van der Waals surface area contributed by atoms with Crippen molar-refractivity contribution in [3.05, 3.63) is 10.6 Å². The first-order valence-electron chi connectivity index (χ1n) is 6.41. The number of hydrogen-bond donors (Lipinski definition) is 2. The van der Waals surface area contributed by atoms with Gasteiger partial charge in [-0.1, -0.05) is 13.8 Å². The number of nitrogens with zero attached hydrogens (tertiary/aromatic N) is 2. The quantitative estimate of drug-likeness (QED) is 0.867. The molecule has 18 heavy (non-hydrogen) atoms. The minimum Gasteiger partial charge on any atom is -0.338 e. The van der Waals surface area contributed by atoms with Crippen molar-refractivity contribution in [2.45, 2.75) is 33.7 Å². The molecule has 0 aliphatic carbocycles. The van der Waals surface area contributed by atoms with Crippen LogP contribution in [0.5, 0.6) is 0 Å². The summed E-state index contributed by atoms with van der Waals surface area (Å²) in [4.78, 5) is 19.3. The monoisotopic (exact) mass is 270 g/mol. The van der Waals surface area contributed by atoms with E-state index in [1.807, 2.05) is 20.8 Å². The standard InChI is InChI=1S/C10H16N4OS.C2H6/c1-3-11-9(15)13-10-12-7-4-5-14(2)6-8(7)16-10;1-2/h3-6H2,1-2H3,(H2,11,12,13,15);1-2H3. The van der Waals surface area contributed by atoms with Crippen molar-refractivity contribution in [2.24, 2.45) is 0 Å². The number of amides is 2. The van der Waals surface area contributed by atoms with E-state index < -0.39 is 0 Å². The summed E-state index contributed by atoms with van der Waals surface area (Å²) in [5, 5.41) is 6.14. The summed E-state index contributed by atoms with van der Waals surface area (Å²) in [6.07, 6.45) is 0.972. The Hall–Kier alpha value is -1.14. The summed E-state index contributed by atoms with van der Waals surface area (Å²) in [6.45, 7) is 8.49. The molecular formula is C12H22N4OS. The summed E-state index contributed by atoms with van der Waals surface area (Å²) in [5.74, 6) is 0. The average molecular weight is 270 g/mol. The van der Waals surface area contributed by atoms with Gasteiger partial charge in [0.1, 0.15) is 0 Å². The number of aromatic nitrogens is 1. The second-order valence-electron chi connectivity index (χ2n) is 3.86. The Bertz CT molecular complexity index is 391. The Balaban J connectivity index is 0.000000771. The lowest BCUT2D eigenvalue weighted by atomic mass is 10.2. The lowest BCUT2D eigenvalue weighted by molar-refractivity contribution is 0.252. The van der Waals surface area contributed by atoms with Crippen LogP contribution in [-0.2, 0) is 13.0 Å². The van der Waals surface area contributed by atoms with Crippen LogP contribution in [0.3, 0.4) is 0 Å². The van der Waals surface area contributed by atoms with E-state index in [-0.39, 0.29) is 6.03 Å². The molecule has 1 aliphatic heterocycles. The van der Waals surface area contributed by atoms with Gasteiger partial charge in [0.05, 0.1) is 5.69 Å². The highest BCUT2D eigenvalue weighted by Gasteiger charge is 2.18. The van der Waals surface area contributed by atoms with Crippen molar-refractivity contribution in [3.8, 4) is 0 Å². The van der Waals surface area contributed by atoms with Gasteiger partial charge in [-0.05, 0) is 14.0 Å². The molecule has 2 rings (SSSR count). The largest absolute Gasteiger partial charge is 0.338 e. The lowest BCUT2D eigenvalue weighted by Gasteiger charge is -2.20. The van der Waals surface area contributed by atoms with Gasteiger partial charge >= 0.3 is 6.03 Å². The number of nitrogens with one attached hydrogen (secondary N) is 2. The molecule has 0 fully saturated rings. The van der Waals surface area contributed by atoms with E-state index in [0.717, 1.165) is 25.2 Å². The van der Waals surface area contributed by atoms with Crippen molar-refractivity contribution in [1.29, 1.82) is 0 Å². The fourth-order valence-electron chi connectivity index (χ4n) is 1.68. The van der Waals surface area contributed by atoms with E-state index in [1.54, 1.807) is 11.3 Å². The molecule has 1 aliphatic rings. The van der Waals surface area contributed by atoms with Crippen LogP contribution in [0.4, 0.5) is 9.93 Å². The van der Waals surface area contributed by atoms with Crippen LogP contribution in [0.15, 0.2) is 0 Å². The molecule has 0 saturated heterocycles. The number of urea groups is 1. The molecule has 0 saturated carbocycles. The molecule has 2 amide bonds. The van der Waals surface area contributed by atoms with Gasteiger partial charge in [-0.15, -0.1) is 11.3 Å².